The number of benzene rings is 2. The summed E-state index contributed by atoms with van der Waals surface area (Å²) in [6, 6.07) is 8.02. The second kappa shape index (κ2) is 13.5. The van der Waals surface area contributed by atoms with Crippen LogP contribution in [0.4, 0.5) is 29.9 Å². The summed E-state index contributed by atoms with van der Waals surface area (Å²) in [5.41, 5.74) is -0.102. The molecule has 0 aliphatic carbocycles. The molecule has 4 aliphatic heterocycles. The van der Waals surface area contributed by atoms with Crippen molar-refractivity contribution in [3.8, 4) is 21.8 Å². The topological polar surface area (TPSA) is 172 Å². The van der Waals surface area contributed by atoms with Crippen molar-refractivity contribution in [1.82, 2.24) is 19.9 Å². The molecule has 4 aliphatic rings. The molecule has 20 heteroatoms. The Balaban J connectivity index is 1.16. The van der Waals surface area contributed by atoms with Gasteiger partial charge in [-0.3, -0.25) is 9.62 Å². The summed E-state index contributed by atoms with van der Waals surface area (Å²) in [6.45, 7) is 1.27. The van der Waals surface area contributed by atoms with Gasteiger partial charge in [0, 0.05) is 49.0 Å². The van der Waals surface area contributed by atoms with Crippen LogP contribution < -0.4 is 14.9 Å². The summed E-state index contributed by atoms with van der Waals surface area (Å²) >= 11 is 1.27. The number of rotatable bonds is 9. The number of nitrogens with one attached hydrogen (secondary N) is 2. The third-order valence-electron chi connectivity index (χ3n) is 10.2. The number of hydrogen-bond donors (Lipinski definition) is 2. The first-order chi connectivity index (χ1) is 25.2. The van der Waals surface area contributed by atoms with Crippen LogP contribution in [0.2, 0.25) is 0 Å². The number of aromatic nitrogens is 3. The number of likely N-dealkylation sites (tertiary alicyclic amines) is 1. The lowest BCUT2D eigenvalue weighted by Crippen LogP contribution is -2.62. The predicted octanol–water partition coefficient (Wildman–Crippen LogP) is 3.92. The quantitative estimate of drug-likeness (QED) is 0.250. The second-order valence-electron chi connectivity index (χ2n) is 13.8. The molecule has 0 amide bonds. The average Bonchev–Trinajstić information content (AvgIpc) is 3.63. The first-order valence-electron chi connectivity index (χ1n) is 17.0. The van der Waals surface area contributed by atoms with Gasteiger partial charge < -0.3 is 10.2 Å². The van der Waals surface area contributed by atoms with Crippen LogP contribution in [0.15, 0.2) is 53.6 Å². The van der Waals surface area contributed by atoms with E-state index in [1.54, 1.807) is 6.07 Å². The van der Waals surface area contributed by atoms with E-state index in [9.17, 15) is 34.0 Å². The molecule has 2 atom stereocenters. The zero-order valence-corrected chi connectivity index (χ0v) is 31.2. The molecule has 2 N–H and O–H groups in total. The number of thiazole rings is 1. The molecule has 4 saturated heterocycles. The Labute approximate surface area is 308 Å². The molecule has 2 bridgehead atoms. The van der Waals surface area contributed by atoms with Gasteiger partial charge in [-0.2, -0.15) is 0 Å². The van der Waals surface area contributed by atoms with Gasteiger partial charge in [-0.15, -0.1) is 0 Å². The fourth-order valence-corrected chi connectivity index (χ4v) is 13.0. The number of halogens is 3. The molecule has 4 aromatic rings. The number of piperazine rings is 1. The van der Waals surface area contributed by atoms with E-state index in [2.05, 4.69) is 20.1 Å². The minimum absolute atomic E-state index is 0.0211. The van der Waals surface area contributed by atoms with Crippen molar-refractivity contribution < 1.29 is 38.4 Å². The highest BCUT2D eigenvalue weighted by Gasteiger charge is 2.47. The summed E-state index contributed by atoms with van der Waals surface area (Å²) in [5.74, 6) is -3.09. The first kappa shape index (κ1) is 36.1. The van der Waals surface area contributed by atoms with Crippen molar-refractivity contribution in [3.63, 3.8) is 0 Å². The maximum Gasteiger partial charge on any atom is 0.267 e. The van der Waals surface area contributed by atoms with Crippen LogP contribution in [0.3, 0.4) is 0 Å². The van der Waals surface area contributed by atoms with E-state index in [0.29, 0.717) is 41.6 Å². The number of sulfonamides is 1. The SMILES string of the molecule is O=S1(=O)CCC(Nc2nccc(-c3sc(N4C5CCC4CN(C4CS(=O)(=O)C4)C5)nc3-c3cccc(NS(=O)(=O)c4c(F)cccc4F)c3F)n2)CC1. The molecule has 53 heavy (non-hydrogen) atoms. The Morgan fingerprint density at radius 2 is 1.47 bits per heavy atom. The number of nitrogens with zero attached hydrogens (tertiary/aromatic N) is 5. The van der Waals surface area contributed by atoms with Crippen LogP contribution in [0.1, 0.15) is 25.7 Å². The van der Waals surface area contributed by atoms with Gasteiger partial charge in [0.1, 0.15) is 21.5 Å². The Bertz CT molecular complexity index is 2370. The second-order valence-corrected chi connectivity index (χ2v) is 20.9. The van der Waals surface area contributed by atoms with Gasteiger partial charge in [0.25, 0.3) is 10.0 Å². The lowest BCUT2D eigenvalue weighted by molar-refractivity contribution is 0.171. The van der Waals surface area contributed by atoms with Crippen LogP contribution >= 0.6 is 11.3 Å². The molecule has 4 fully saturated rings. The zero-order chi connectivity index (χ0) is 37.3. The molecule has 2 aromatic heterocycles. The minimum atomic E-state index is -4.90. The summed E-state index contributed by atoms with van der Waals surface area (Å²) in [6.07, 6.45) is 3.99. The molecular formula is C33H34F3N7O6S4. The van der Waals surface area contributed by atoms with Crippen LogP contribution in [0.25, 0.3) is 21.8 Å². The number of fused-ring (bicyclic) bond motifs is 2. The molecule has 6 heterocycles. The zero-order valence-electron chi connectivity index (χ0n) is 28.0. The summed E-state index contributed by atoms with van der Waals surface area (Å²) in [4.78, 5) is 17.6. The highest BCUT2D eigenvalue weighted by Crippen LogP contribution is 2.46. The highest BCUT2D eigenvalue weighted by molar-refractivity contribution is 7.93. The number of hydrogen-bond acceptors (Lipinski definition) is 13. The summed E-state index contributed by atoms with van der Waals surface area (Å²) in [7, 11) is -11.0. The maximum atomic E-state index is 16.5. The van der Waals surface area contributed by atoms with E-state index < -0.39 is 57.7 Å². The van der Waals surface area contributed by atoms with Gasteiger partial charge >= 0.3 is 0 Å². The van der Waals surface area contributed by atoms with E-state index >= 15 is 4.39 Å². The van der Waals surface area contributed by atoms with Gasteiger partial charge in [0.15, 0.2) is 25.7 Å². The third kappa shape index (κ3) is 7.10. The normalized spacial score (nSPS) is 23.1. The Morgan fingerprint density at radius 3 is 2.13 bits per heavy atom. The van der Waals surface area contributed by atoms with Gasteiger partial charge in [-0.1, -0.05) is 23.5 Å². The number of sulfone groups is 2. The lowest BCUT2D eigenvalue weighted by Gasteiger charge is -2.46. The van der Waals surface area contributed by atoms with Crippen molar-refractivity contribution >= 4 is 57.8 Å². The fraction of sp³-hybridized carbons (Fsp3) is 0.424. The van der Waals surface area contributed by atoms with E-state index in [0.717, 1.165) is 37.1 Å². The minimum Gasteiger partial charge on any atom is -0.351 e. The van der Waals surface area contributed by atoms with E-state index in [4.69, 9.17) is 9.97 Å². The molecule has 2 aromatic carbocycles. The molecule has 0 spiro atoms. The molecule has 8 rings (SSSR count). The summed E-state index contributed by atoms with van der Waals surface area (Å²) in [5, 5.41) is 3.79. The van der Waals surface area contributed by atoms with Crippen molar-refractivity contribution in [2.75, 3.05) is 51.0 Å². The Hall–Kier alpha value is -3.85. The Kier molecular flexibility index (Phi) is 9.18. The predicted molar refractivity (Wildman–Crippen MR) is 194 cm³/mol. The van der Waals surface area contributed by atoms with Gasteiger partial charge in [0.05, 0.1) is 45.0 Å². The van der Waals surface area contributed by atoms with Crippen molar-refractivity contribution in [2.45, 2.75) is 54.7 Å². The molecular weight excluding hydrogens is 776 g/mol. The van der Waals surface area contributed by atoms with Crippen LogP contribution in [-0.4, -0.2) is 105 Å². The van der Waals surface area contributed by atoms with Crippen molar-refractivity contribution in [2.24, 2.45) is 0 Å². The molecule has 2 unspecified atom stereocenters. The van der Waals surface area contributed by atoms with Crippen molar-refractivity contribution in [1.29, 1.82) is 0 Å². The molecule has 0 radical (unpaired) electrons. The monoisotopic (exact) mass is 809 g/mol. The van der Waals surface area contributed by atoms with Crippen LogP contribution in [-0.2, 0) is 29.7 Å². The first-order valence-corrected chi connectivity index (χ1v) is 22.9. The summed E-state index contributed by atoms with van der Waals surface area (Å²) < 4.78 is 121. The van der Waals surface area contributed by atoms with E-state index in [-0.39, 0.29) is 64.4 Å². The molecule has 13 nitrogen and oxygen atoms in total. The molecule has 282 valence electrons. The van der Waals surface area contributed by atoms with Gasteiger partial charge in [-0.05, 0) is 56.0 Å². The average molecular weight is 810 g/mol. The smallest absolute Gasteiger partial charge is 0.267 e. The third-order valence-corrected chi connectivity index (χ3v) is 16.2. The Morgan fingerprint density at radius 1 is 0.811 bits per heavy atom. The largest absolute Gasteiger partial charge is 0.351 e. The standard InChI is InChI=1S/C33H34F3N7O6S4/c34-24-4-2-5-25(35)31(24)53(48,49)41-26-6-1-3-23(28(26)36)29-30(27-9-12-37-32(39-27)38-19-10-13-51(44,45)14-11-19)50-33(40-29)43-20-7-8-21(43)16-42(15-20)22-17-52(46,47)18-22/h1-6,9,12,19-22,41H,7-8,10-11,13-18H2,(H,37,38,39). The maximum absolute atomic E-state index is 16.5. The van der Waals surface area contributed by atoms with Crippen LogP contribution in [0.5, 0.6) is 0 Å². The van der Waals surface area contributed by atoms with Gasteiger partial charge in [-0.25, -0.2) is 53.4 Å². The van der Waals surface area contributed by atoms with E-state index in [1.807, 2.05) is 4.72 Å². The fourth-order valence-electron chi connectivity index (χ4n) is 7.57. The lowest BCUT2D eigenvalue weighted by atomic mass is 10.1. The van der Waals surface area contributed by atoms with Crippen LogP contribution in [0, 0.1) is 17.5 Å². The van der Waals surface area contributed by atoms with Gasteiger partial charge in [0.2, 0.25) is 5.95 Å². The van der Waals surface area contributed by atoms with E-state index in [1.165, 1.54) is 29.7 Å². The van der Waals surface area contributed by atoms with Crippen molar-refractivity contribution in [3.05, 3.63) is 66.1 Å². The number of anilines is 3. The highest BCUT2D eigenvalue weighted by atomic mass is 32.2. The molecule has 0 saturated carbocycles.